The fourth-order valence-corrected chi connectivity index (χ4v) is 1.53. The summed E-state index contributed by atoms with van der Waals surface area (Å²) < 4.78 is 4.98. The Labute approximate surface area is 92.9 Å². The predicted molar refractivity (Wildman–Crippen MR) is 56.6 cm³/mol. The predicted octanol–water partition coefficient (Wildman–Crippen LogP) is 0.539. The molecule has 16 heavy (non-hydrogen) atoms. The average molecular weight is 223 g/mol. The van der Waals surface area contributed by atoms with Gasteiger partial charge in [0.2, 0.25) is 5.88 Å². The molecule has 0 bridgehead atoms. The molecule has 6 heteroatoms. The van der Waals surface area contributed by atoms with Crippen LogP contribution in [-0.4, -0.2) is 40.7 Å². The van der Waals surface area contributed by atoms with E-state index in [1.165, 1.54) is 13.4 Å². The fraction of sp³-hybridized carbons (Fsp3) is 0.500. The number of nitrogens with zero attached hydrogens (tertiary/aromatic N) is 3. The zero-order chi connectivity index (χ0) is 11.5. The van der Waals surface area contributed by atoms with Crippen molar-refractivity contribution < 1.29 is 14.6 Å². The van der Waals surface area contributed by atoms with E-state index in [1.54, 1.807) is 11.0 Å². The highest BCUT2D eigenvalue weighted by Gasteiger charge is 2.31. The van der Waals surface area contributed by atoms with Crippen LogP contribution >= 0.6 is 0 Å². The minimum Gasteiger partial charge on any atom is -0.481 e. The van der Waals surface area contributed by atoms with Gasteiger partial charge < -0.3 is 14.7 Å². The second kappa shape index (κ2) is 4.34. The molecule has 1 aliphatic carbocycles. The Hall–Kier alpha value is -1.85. The zero-order valence-electron chi connectivity index (χ0n) is 8.96. The third-order valence-electron chi connectivity index (χ3n) is 2.42. The fourth-order valence-electron chi connectivity index (χ4n) is 1.53. The van der Waals surface area contributed by atoms with Crippen molar-refractivity contribution in [2.24, 2.45) is 0 Å². The summed E-state index contributed by atoms with van der Waals surface area (Å²) in [5.41, 5.74) is 0. The maximum absolute atomic E-state index is 10.8. The largest absolute Gasteiger partial charge is 0.481 e. The molecule has 0 radical (unpaired) electrons. The molecule has 1 aliphatic rings. The molecule has 0 atom stereocenters. The Morgan fingerprint density at radius 1 is 1.62 bits per heavy atom. The normalized spacial score (nSPS) is 14.6. The lowest BCUT2D eigenvalue weighted by Crippen LogP contribution is -2.32. The number of carboxylic acid groups (broad SMARTS) is 1. The Kier molecular flexibility index (Phi) is 2.89. The minimum atomic E-state index is -0.857. The van der Waals surface area contributed by atoms with Crippen molar-refractivity contribution in [2.45, 2.75) is 18.9 Å². The van der Waals surface area contributed by atoms with Crippen molar-refractivity contribution >= 4 is 11.8 Å². The van der Waals surface area contributed by atoms with Gasteiger partial charge in [0.25, 0.3) is 0 Å². The highest BCUT2D eigenvalue weighted by molar-refractivity contribution is 5.73. The van der Waals surface area contributed by atoms with Gasteiger partial charge in [-0.3, -0.25) is 4.79 Å². The zero-order valence-corrected chi connectivity index (χ0v) is 8.96. The van der Waals surface area contributed by atoms with Gasteiger partial charge in [0.05, 0.1) is 7.11 Å². The van der Waals surface area contributed by atoms with Gasteiger partial charge in [0.15, 0.2) is 0 Å². The van der Waals surface area contributed by atoms with Crippen LogP contribution in [0.1, 0.15) is 12.8 Å². The molecule has 0 aliphatic heterocycles. The highest BCUT2D eigenvalue weighted by Crippen LogP contribution is 2.30. The van der Waals surface area contributed by atoms with Crippen molar-refractivity contribution in [2.75, 3.05) is 18.6 Å². The molecule has 0 aromatic carbocycles. The summed E-state index contributed by atoms with van der Waals surface area (Å²) >= 11 is 0. The molecule has 1 fully saturated rings. The first kappa shape index (κ1) is 10.7. The van der Waals surface area contributed by atoms with Crippen molar-refractivity contribution in [3.8, 4) is 5.88 Å². The second-order valence-electron chi connectivity index (χ2n) is 3.67. The van der Waals surface area contributed by atoms with Crippen molar-refractivity contribution in [3.63, 3.8) is 0 Å². The van der Waals surface area contributed by atoms with Gasteiger partial charge in [-0.15, -0.1) is 0 Å². The first-order valence-electron chi connectivity index (χ1n) is 5.05. The lowest BCUT2D eigenvalue weighted by atomic mass is 10.4. The lowest BCUT2D eigenvalue weighted by Gasteiger charge is -2.21. The number of aromatic nitrogens is 2. The molecule has 0 amide bonds. The SMILES string of the molecule is COc1cc(N(CC(=O)O)C2CC2)ncn1. The molecular formula is C10H13N3O3. The van der Waals surface area contributed by atoms with Crippen LogP contribution in [-0.2, 0) is 4.79 Å². The molecule has 1 saturated carbocycles. The van der Waals surface area contributed by atoms with Crippen molar-refractivity contribution in [3.05, 3.63) is 12.4 Å². The topological polar surface area (TPSA) is 75.5 Å². The number of anilines is 1. The maximum Gasteiger partial charge on any atom is 0.323 e. The van der Waals surface area contributed by atoms with E-state index in [0.29, 0.717) is 11.7 Å². The van der Waals surface area contributed by atoms with Gasteiger partial charge in [0, 0.05) is 12.1 Å². The summed E-state index contributed by atoms with van der Waals surface area (Å²) in [4.78, 5) is 20.5. The first-order chi connectivity index (χ1) is 7.70. The summed E-state index contributed by atoms with van der Waals surface area (Å²) in [6.07, 6.45) is 3.41. The second-order valence-corrected chi connectivity index (χ2v) is 3.67. The maximum atomic E-state index is 10.8. The summed E-state index contributed by atoms with van der Waals surface area (Å²) in [7, 11) is 1.52. The molecule has 1 N–H and O–H groups in total. The van der Waals surface area contributed by atoms with Crippen LogP contribution in [0.2, 0.25) is 0 Å². The van der Waals surface area contributed by atoms with Crippen molar-refractivity contribution in [1.29, 1.82) is 0 Å². The molecule has 0 unspecified atom stereocenters. The summed E-state index contributed by atoms with van der Waals surface area (Å²) in [5, 5.41) is 8.83. The number of rotatable bonds is 5. The van der Waals surface area contributed by atoms with Crippen LogP contribution < -0.4 is 9.64 Å². The number of ether oxygens (including phenoxy) is 1. The molecule has 0 spiro atoms. The molecule has 1 aromatic heterocycles. The summed E-state index contributed by atoms with van der Waals surface area (Å²) in [5.74, 6) is 0.197. The lowest BCUT2D eigenvalue weighted by molar-refractivity contribution is -0.135. The quantitative estimate of drug-likeness (QED) is 0.785. The van der Waals surface area contributed by atoms with E-state index in [0.717, 1.165) is 12.8 Å². The van der Waals surface area contributed by atoms with E-state index in [1.807, 2.05) is 0 Å². The number of aliphatic carboxylic acids is 1. The Balaban J connectivity index is 2.20. The number of methoxy groups -OCH3 is 1. The van der Waals surface area contributed by atoms with Crippen LogP contribution in [0.25, 0.3) is 0 Å². The Morgan fingerprint density at radius 2 is 2.38 bits per heavy atom. The number of hydrogen-bond acceptors (Lipinski definition) is 5. The van der Waals surface area contributed by atoms with Gasteiger partial charge >= 0.3 is 5.97 Å². The summed E-state index contributed by atoms with van der Waals surface area (Å²) in [6.45, 7) is -0.0369. The van der Waals surface area contributed by atoms with E-state index in [9.17, 15) is 4.79 Å². The van der Waals surface area contributed by atoms with E-state index in [2.05, 4.69) is 9.97 Å². The van der Waals surface area contributed by atoms with E-state index in [-0.39, 0.29) is 12.6 Å². The number of carboxylic acids is 1. The molecule has 2 rings (SSSR count). The van der Waals surface area contributed by atoms with Gasteiger partial charge in [0.1, 0.15) is 18.7 Å². The third-order valence-corrected chi connectivity index (χ3v) is 2.42. The number of hydrogen-bond donors (Lipinski definition) is 1. The monoisotopic (exact) mass is 223 g/mol. The van der Waals surface area contributed by atoms with Gasteiger partial charge in [-0.2, -0.15) is 0 Å². The Bertz CT molecular complexity index is 393. The van der Waals surface area contributed by atoms with Gasteiger partial charge in [-0.05, 0) is 12.8 Å². The van der Waals surface area contributed by atoms with Crippen LogP contribution in [0, 0.1) is 0 Å². The molecular weight excluding hydrogens is 210 g/mol. The van der Waals surface area contributed by atoms with Crippen LogP contribution in [0.15, 0.2) is 12.4 Å². The van der Waals surface area contributed by atoms with E-state index >= 15 is 0 Å². The molecule has 86 valence electrons. The molecule has 1 aromatic rings. The van der Waals surface area contributed by atoms with Crippen molar-refractivity contribution in [1.82, 2.24) is 9.97 Å². The molecule has 0 saturated heterocycles. The van der Waals surface area contributed by atoms with Gasteiger partial charge in [-0.1, -0.05) is 0 Å². The third kappa shape index (κ3) is 2.39. The average Bonchev–Trinajstić information content (AvgIpc) is 3.09. The van der Waals surface area contributed by atoms with Crippen LogP contribution in [0.5, 0.6) is 5.88 Å². The summed E-state index contributed by atoms with van der Waals surface area (Å²) in [6, 6.07) is 1.94. The minimum absolute atomic E-state index is 0.0369. The number of carbonyl (C=O) groups is 1. The highest BCUT2D eigenvalue weighted by atomic mass is 16.5. The smallest absolute Gasteiger partial charge is 0.323 e. The van der Waals surface area contributed by atoms with E-state index < -0.39 is 5.97 Å². The molecule has 6 nitrogen and oxygen atoms in total. The molecule has 1 heterocycles. The standard InChI is InChI=1S/C10H13N3O3/c1-16-9-4-8(11-6-12-9)13(5-10(14)15)7-2-3-7/h4,6-7H,2-3,5H2,1H3,(H,14,15). The first-order valence-corrected chi connectivity index (χ1v) is 5.05. The van der Waals surface area contributed by atoms with Gasteiger partial charge in [-0.25, -0.2) is 9.97 Å². The van der Waals surface area contributed by atoms with Crippen LogP contribution in [0.3, 0.4) is 0 Å². The van der Waals surface area contributed by atoms with E-state index in [4.69, 9.17) is 9.84 Å². The van der Waals surface area contributed by atoms with Crippen LogP contribution in [0.4, 0.5) is 5.82 Å². The Morgan fingerprint density at radius 3 is 2.94 bits per heavy atom.